The smallest absolute Gasteiger partial charge is 0.161 e. The third-order valence-electron chi connectivity index (χ3n) is 3.27. The van der Waals surface area contributed by atoms with Crippen LogP contribution in [0.15, 0.2) is 60.7 Å². The summed E-state index contributed by atoms with van der Waals surface area (Å²) in [5.41, 5.74) is 2.22. The number of rotatable bonds is 7. The average Bonchev–Trinajstić information content (AvgIpc) is 2.52. The monoisotopic (exact) mass is 268 g/mol. The number of carbonyl (C=O) groups excluding carboxylic acids is 1. The van der Waals surface area contributed by atoms with Crippen LogP contribution < -0.4 is 0 Å². The van der Waals surface area contributed by atoms with Gasteiger partial charge < -0.3 is 4.74 Å². The zero-order chi connectivity index (χ0) is 14.2. The fourth-order valence-corrected chi connectivity index (χ4v) is 2.09. The average molecular weight is 268 g/mol. The number of ether oxygens (including phenoxy) is 1. The molecule has 0 aliphatic rings. The van der Waals surface area contributed by atoms with Crippen LogP contribution in [0.1, 0.15) is 24.5 Å². The van der Waals surface area contributed by atoms with Crippen molar-refractivity contribution in [1.29, 1.82) is 0 Å². The molecule has 0 bridgehead atoms. The van der Waals surface area contributed by atoms with E-state index in [-0.39, 0.29) is 11.9 Å². The molecule has 0 fully saturated rings. The first-order valence-corrected chi connectivity index (χ1v) is 7.01. The lowest BCUT2D eigenvalue weighted by molar-refractivity contribution is -0.131. The minimum absolute atomic E-state index is 0.157. The molecule has 2 heteroatoms. The highest BCUT2D eigenvalue weighted by Crippen LogP contribution is 2.11. The van der Waals surface area contributed by atoms with Crippen molar-refractivity contribution < 1.29 is 9.53 Å². The van der Waals surface area contributed by atoms with E-state index in [9.17, 15) is 4.79 Å². The van der Waals surface area contributed by atoms with Gasteiger partial charge in [-0.3, -0.25) is 4.79 Å². The first kappa shape index (κ1) is 14.5. The quantitative estimate of drug-likeness (QED) is 0.763. The van der Waals surface area contributed by atoms with E-state index in [2.05, 4.69) is 0 Å². The molecule has 2 aromatic rings. The summed E-state index contributed by atoms with van der Waals surface area (Å²) in [6.45, 7) is 2.36. The van der Waals surface area contributed by atoms with Crippen LogP contribution in [0.2, 0.25) is 0 Å². The SMILES string of the molecule is CCC(=O)[C@H](Cc1ccccc1)OCc1ccccc1. The van der Waals surface area contributed by atoms with Crippen molar-refractivity contribution in [3.63, 3.8) is 0 Å². The number of ketones is 1. The Bertz CT molecular complexity index is 520. The van der Waals surface area contributed by atoms with Crippen LogP contribution >= 0.6 is 0 Å². The zero-order valence-electron chi connectivity index (χ0n) is 11.8. The molecule has 0 saturated carbocycles. The summed E-state index contributed by atoms with van der Waals surface area (Å²) in [4.78, 5) is 12.0. The second-order valence-corrected chi connectivity index (χ2v) is 4.79. The summed E-state index contributed by atoms with van der Waals surface area (Å²) in [5.74, 6) is 0.157. The van der Waals surface area contributed by atoms with E-state index in [1.165, 1.54) is 0 Å². The molecule has 2 nitrogen and oxygen atoms in total. The van der Waals surface area contributed by atoms with Crippen LogP contribution in [-0.2, 0) is 22.6 Å². The standard InChI is InChI=1S/C18H20O2/c1-2-17(19)18(13-15-9-5-3-6-10-15)20-14-16-11-7-4-8-12-16/h3-12,18H,2,13-14H2,1H3/t18-/m0/s1. The lowest BCUT2D eigenvalue weighted by Gasteiger charge is -2.16. The summed E-state index contributed by atoms with van der Waals surface area (Å²) in [7, 11) is 0. The third kappa shape index (κ3) is 4.32. The van der Waals surface area contributed by atoms with Crippen molar-refractivity contribution in [1.82, 2.24) is 0 Å². The highest BCUT2D eigenvalue weighted by Gasteiger charge is 2.17. The van der Waals surface area contributed by atoms with Crippen molar-refractivity contribution in [2.75, 3.05) is 0 Å². The molecule has 0 aromatic heterocycles. The summed E-state index contributed by atoms with van der Waals surface area (Å²) >= 11 is 0. The maximum atomic E-state index is 12.0. The van der Waals surface area contributed by atoms with Gasteiger partial charge in [0.05, 0.1) is 6.61 Å². The molecule has 0 N–H and O–H groups in total. The Balaban J connectivity index is 1.99. The number of Topliss-reactive ketones (excluding diaryl/α,β-unsaturated/α-hetero) is 1. The summed E-state index contributed by atoms with van der Waals surface area (Å²) in [6.07, 6.45) is 0.787. The highest BCUT2D eigenvalue weighted by molar-refractivity contribution is 5.83. The van der Waals surface area contributed by atoms with Gasteiger partial charge in [-0.1, -0.05) is 67.6 Å². The van der Waals surface area contributed by atoms with Gasteiger partial charge in [0.15, 0.2) is 5.78 Å². The zero-order valence-corrected chi connectivity index (χ0v) is 11.8. The number of hydrogen-bond acceptors (Lipinski definition) is 2. The topological polar surface area (TPSA) is 26.3 Å². The molecule has 0 spiro atoms. The molecular weight excluding hydrogens is 248 g/mol. The van der Waals surface area contributed by atoms with Crippen LogP contribution in [0.5, 0.6) is 0 Å². The van der Waals surface area contributed by atoms with Crippen molar-refractivity contribution in [3.8, 4) is 0 Å². The maximum absolute atomic E-state index is 12.0. The number of benzene rings is 2. The molecule has 20 heavy (non-hydrogen) atoms. The van der Waals surface area contributed by atoms with Crippen molar-refractivity contribution >= 4 is 5.78 Å². The van der Waals surface area contributed by atoms with Gasteiger partial charge in [0, 0.05) is 12.8 Å². The summed E-state index contributed by atoms with van der Waals surface area (Å²) in [6, 6.07) is 20.0. The van der Waals surface area contributed by atoms with E-state index < -0.39 is 0 Å². The van der Waals surface area contributed by atoms with Gasteiger partial charge in [-0.2, -0.15) is 0 Å². The predicted molar refractivity (Wildman–Crippen MR) is 80.5 cm³/mol. The van der Waals surface area contributed by atoms with Crippen LogP contribution in [0.25, 0.3) is 0 Å². The molecule has 1 atom stereocenters. The minimum atomic E-state index is -0.359. The first-order valence-electron chi connectivity index (χ1n) is 7.01. The number of carbonyl (C=O) groups is 1. The third-order valence-corrected chi connectivity index (χ3v) is 3.27. The first-order chi connectivity index (χ1) is 9.79. The van der Waals surface area contributed by atoms with E-state index >= 15 is 0 Å². The fourth-order valence-electron chi connectivity index (χ4n) is 2.09. The lowest BCUT2D eigenvalue weighted by Crippen LogP contribution is -2.26. The van der Waals surface area contributed by atoms with Gasteiger partial charge in [-0.25, -0.2) is 0 Å². The molecule has 104 valence electrons. The summed E-state index contributed by atoms with van der Waals surface area (Å²) < 4.78 is 5.84. The Kier molecular flexibility index (Phi) is 5.51. The molecular formula is C18H20O2. The van der Waals surface area contributed by atoms with Crippen molar-refractivity contribution in [3.05, 3.63) is 71.8 Å². The van der Waals surface area contributed by atoms with E-state index in [1.807, 2.05) is 67.6 Å². The number of hydrogen-bond donors (Lipinski definition) is 0. The summed E-state index contributed by atoms with van der Waals surface area (Å²) in [5, 5.41) is 0. The van der Waals surface area contributed by atoms with E-state index in [1.54, 1.807) is 0 Å². The van der Waals surface area contributed by atoms with Gasteiger partial charge in [-0.05, 0) is 11.1 Å². The Labute approximate surface area is 120 Å². The lowest BCUT2D eigenvalue weighted by atomic mass is 10.0. The van der Waals surface area contributed by atoms with Crippen LogP contribution in [0, 0.1) is 0 Å². The Morgan fingerprint density at radius 2 is 1.50 bits per heavy atom. The second-order valence-electron chi connectivity index (χ2n) is 4.79. The molecule has 0 unspecified atom stereocenters. The Morgan fingerprint density at radius 1 is 0.950 bits per heavy atom. The molecule has 0 radical (unpaired) electrons. The van der Waals surface area contributed by atoms with Gasteiger partial charge in [0.25, 0.3) is 0 Å². The van der Waals surface area contributed by atoms with Gasteiger partial charge >= 0.3 is 0 Å². The van der Waals surface area contributed by atoms with Crippen LogP contribution in [0.3, 0.4) is 0 Å². The van der Waals surface area contributed by atoms with Gasteiger partial charge in [-0.15, -0.1) is 0 Å². The van der Waals surface area contributed by atoms with Crippen molar-refractivity contribution in [2.45, 2.75) is 32.5 Å². The largest absolute Gasteiger partial charge is 0.365 e. The van der Waals surface area contributed by atoms with Gasteiger partial charge in [0.2, 0.25) is 0 Å². The van der Waals surface area contributed by atoms with Crippen molar-refractivity contribution in [2.24, 2.45) is 0 Å². The molecule has 0 aliphatic carbocycles. The predicted octanol–water partition coefficient (Wildman–Crippen LogP) is 3.79. The second kappa shape index (κ2) is 7.61. The molecule has 0 heterocycles. The molecule has 2 rings (SSSR count). The Morgan fingerprint density at radius 3 is 2.05 bits per heavy atom. The molecule has 0 saturated heterocycles. The fraction of sp³-hybridized carbons (Fsp3) is 0.278. The van der Waals surface area contributed by atoms with Crippen LogP contribution in [-0.4, -0.2) is 11.9 Å². The molecule has 0 aliphatic heterocycles. The molecule has 0 amide bonds. The highest BCUT2D eigenvalue weighted by atomic mass is 16.5. The van der Waals surface area contributed by atoms with Crippen LogP contribution in [0.4, 0.5) is 0 Å². The normalized spacial score (nSPS) is 12.1. The minimum Gasteiger partial charge on any atom is -0.365 e. The maximum Gasteiger partial charge on any atom is 0.161 e. The van der Waals surface area contributed by atoms with E-state index in [0.717, 1.165) is 11.1 Å². The Hall–Kier alpha value is -1.93. The van der Waals surface area contributed by atoms with E-state index in [4.69, 9.17) is 4.74 Å². The van der Waals surface area contributed by atoms with E-state index in [0.29, 0.717) is 19.4 Å². The van der Waals surface area contributed by atoms with Gasteiger partial charge in [0.1, 0.15) is 6.10 Å². The molecule has 2 aromatic carbocycles.